The summed E-state index contributed by atoms with van der Waals surface area (Å²) < 4.78 is 11.4. The molecule has 2 unspecified atom stereocenters. The molecule has 0 aromatic rings. The van der Waals surface area contributed by atoms with Gasteiger partial charge in [-0.15, -0.1) is 0 Å². The molecule has 8 nitrogen and oxygen atoms in total. The molecule has 29 heavy (non-hydrogen) atoms. The molecule has 0 spiro atoms. The zero-order valence-corrected chi connectivity index (χ0v) is 17.6. The van der Waals surface area contributed by atoms with Crippen molar-refractivity contribution in [1.29, 1.82) is 0 Å². The van der Waals surface area contributed by atoms with Gasteiger partial charge in [-0.25, -0.2) is 0 Å². The first-order valence-corrected chi connectivity index (χ1v) is 10.1. The van der Waals surface area contributed by atoms with Crippen LogP contribution in [0, 0.1) is 11.8 Å². The summed E-state index contributed by atoms with van der Waals surface area (Å²) in [5, 5.41) is 6.57. The number of nitrogens with zero attached hydrogens (tertiary/aromatic N) is 1. The van der Waals surface area contributed by atoms with Crippen LogP contribution in [-0.2, 0) is 23.9 Å². The normalized spacial score (nSPS) is 38.7. The molecule has 158 valence electrons. The standard InChI is InChI=1S/C21H29N3O5/c1-6-10(2)7-22-16-11(3)18(26)17-15(19(16)27)13(9-29-12(4)25)21(28-5)20-14(23-20)8-24(17)21/h6,13-15,17,20,22-23H,7-9H2,1-5H3/b10-6+/t13-,14+,15?,17?,20+,21-/m1/s1. The zero-order chi connectivity index (χ0) is 21.1. The minimum atomic E-state index is -0.824. The Balaban J connectivity index is 1.73. The van der Waals surface area contributed by atoms with E-state index in [9.17, 15) is 14.4 Å². The lowest BCUT2D eigenvalue weighted by Gasteiger charge is -2.38. The number of carbonyl (C=O) groups is 3. The molecule has 1 aliphatic carbocycles. The molecule has 0 amide bonds. The summed E-state index contributed by atoms with van der Waals surface area (Å²) in [5.74, 6) is -1.59. The number of ether oxygens (including phenoxy) is 2. The largest absolute Gasteiger partial charge is 0.465 e. The number of fused-ring (bicyclic) bond motifs is 5. The van der Waals surface area contributed by atoms with Gasteiger partial charge in [-0.1, -0.05) is 11.6 Å². The number of nitrogens with one attached hydrogen (secondary N) is 2. The minimum absolute atomic E-state index is 0.0289. The summed E-state index contributed by atoms with van der Waals surface area (Å²) in [6.07, 6.45) is 1.97. The lowest BCUT2D eigenvalue weighted by molar-refractivity contribution is -0.161. The summed E-state index contributed by atoms with van der Waals surface area (Å²) in [6.45, 7) is 8.15. The molecule has 0 saturated carbocycles. The summed E-state index contributed by atoms with van der Waals surface area (Å²) in [5.41, 5.74) is 1.09. The molecule has 2 N–H and O–H groups in total. The first-order valence-electron chi connectivity index (χ1n) is 10.1. The maximum atomic E-state index is 13.6. The monoisotopic (exact) mass is 403 g/mol. The average Bonchev–Trinajstić information content (AvgIpc) is 3.30. The number of piperazine rings is 1. The Labute approximate surface area is 170 Å². The van der Waals surface area contributed by atoms with Gasteiger partial charge < -0.3 is 20.1 Å². The number of Topliss-reactive ketones (excluding diaryl/α,β-unsaturated/α-hetero) is 2. The lowest BCUT2D eigenvalue weighted by atomic mass is 9.74. The molecule has 0 aromatic heterocycles. The van der Waals surface area contributed by atoms with Gasteiger partial charge in [0.05, 0.1) is 30.3 Å². The maximum absolute atomic E-state index is 13.6. The van der Waals surface area contributed by atoms with Gasteiger partial charge in [0.2, 0.25) is 0 Å². The van der Waals surface area contributed by atoms with E-state index >= 15 is 0 Å². The van der Waals surface area contributed by atoms with Crippen LogP contribution in [0.25, 0.3) is 0 Å². The van der Waals surface area contributed by atoms with Crippen LogP contribution in [-0.4, -0.2) is 73.1 Å². The Morgan fingerprint density at radius 3 is 2.69 bits per heavy atom. The highest BCUT2D eigenvalue weighted by Crippen LogP contribution is 2.56. The van der Waals surface area contributed by atoms with Crippen molar-refractivity contribution < 1.29 is 23.9 Å². The van der Waals surface area contributed by atoms with Crippen molar-refractivity contribution in [2.24, 2.45) is 11.8 Å². The number of rotatable bonds is 6. The van der Waals surface area contributed by atoms with Gasteiger partial charge in [0.15, 0.2) is 11.6 Å². The van der Waals surface area contributed by atoms with E-state index in [1.165, 1.54) is 6.92 Å². The van der Waals surface area contributed by atoms with Crippen molar-refractivity contribution in [3.63, 3.8) is 0 Å². The highest BCUT2D eigenvalue weighted by atomic mass is 16.5. The van der Waals surface area contributed by atoms with Crippen LogP contribution in [0.4, 0.5) is 0 Å². The molecule has 0 aromatic carbocycles. The lowest BCUT2D eigenvalue weighted by Crippen LogP contribution is -2.56. The molecule has 8 heteroatoms. The molecule has 0 radical (unpaired) electrons. The van der Waals surface area contributed by atoms with Gasteiger partial charge in [-0.2, -0.15) is 0 Å². The molecule has 3 fully saturated rings. The van der Waals surface area contributed by atoms with Gasteiger partial charge in [0.1, 0.15) is 5.72 Å². The van der Waals surface area contributed by atoms with E-state index in [-0.39, 0.29) is 30.3 Å². The topological polar surface area (TPSA) is 107 Å². The number of hydrogen-bond acceptors (Lipinski definition) is 8. The molecule has 4 aliphatic rings. The number of esters is 1. The quantitative estimate of drug-likeness (QED) is 0.367. The van der Waals surface area contributed by atoms with E-state index < -0.39 is 29.6 Å². The van der Waals surface area contributed by atoms with Crippen LogP contribution in [0.1, 0.15) is 27.7 Å². The third-order valence-electron chi connectivity index (χ3n) is 7.01. The zero-order valence-electron chi connectivity index (χ0n) is 17.6. The second-order valence-corrected chi connectivity index (χ2v) is 8.46. The molecule has 3 aliphatic heterocycles. The van der Waals surface area contributed by atoms with Crippen LogP contribution in [0.3, 0.4) is 0 Å². The van der Waals surface area contributed by atoms with Crippen molar-refractivity contribution in [1.82, 2.24) is 15.5 Å². The number of hydrogen-bond donors (Lipinski definition) is 2. The SMILES string of the molecule is C/C=C(\C)CNC1=C(C)C(=O)C2C(C1=O)[C@@H](COC(C)=O)[C@@]1(OC)[C@H]3N[C@H]3CN21. The van der Waals surface area contributed by atoms with E-state index in [1.54, 1.807) is 14.0 Å². The van der Waals surface area contributed by atoms with Gasteiger partial charge in [0, 0.05) is 44.7 Å². The summed E-state index contributed by atoms with van der Waals surface area (Å²) >= 11 is 0. The maximum Gasteiger partial charge on any atom is 0.302 e. The molecular weight excluding hydrogens is 374 g/mol. The third-order valence-corrected chi connectivity index (χ3v) is 7.01. The van der Waals surface area contributed by atoms with Crippen molar-refractivity contribution in [3.8, 4) is 0 Å². The second-order valence-electron chi connectivity index (χ2n) is 8.46. The fourth-order valence-corrected chi connectivity index (χ4v) is 5.42. The van der Waals surface area contributed by atoms with Crippen LogP contribution in [0.5, 0.6) is 0 Å². The van der Waals surface area contributed by atoms with Crippen molar-refractivity contribution in [3.05, 3.63) is 22.9 Å². The number of ketones is 2. The minimum Gasteiger partial charge on any atom is -0.465 e. The second kappa shape index (κ2) is 7.04. The molecule has 0 bridgehead atoms. The summed E-state index contributed by atoms with van der Waals surface area (Å²) in [6, 6.07) is -0.313. The highest BCUT2D eigenvalue weighted by Gasteiger charge is 2.76. The van der Waals surface area contributed by atoms with Crippen molar-refractivity contribution in [2.75, 3.05) is 26.8 Å². The van der Waals surface area contributed by atoms with Gasteiger partial charge in [-0.3, -0.25) is 19.3 Å². The summed E-state index contributed by atoms with van der Waals surface area (Å²) in [4.78, 5) is 40.6. The van der Waals surface area contributed by atoms with E-state index in [4.69, 9.17) is 9.47 Å². The highest BCUT2D eigenvalue weighted by molar-refractivity contribution is 6.15. The van der Waals surface area contributed by atoms with Crippen molar-refractivity contribution in [2.45, 2.75) is 51.5 Å². The average molecular weight is 403 g/mol. The Morgan fingerprint density at radius 1 is 1.34 bits per heavy atom. The molecule has 3 saturated heterocycles. The van der Waals surface area contributed by atoms with E-state index in [0.29, 0.717) is 24.4 Å². The van der Waals surface area contributed by atoms with Crippen LogP contribution >= 0.6 is 0 Å². The smallest absolute Gasteiger partial charge is 0.302 e. The predicted molar refractivity (Wildman–Crippen MR) is 105 cm³/mol. The van der Waals surface area contributed by atoms with Crippen LogP contribution < -0.4 is 10.6 Å². The van der Waals surface area contributed by atoms with Gasteiger partial charge >= 0.3 is 5.97 Å². The van der Waals surface area contributed by atoms with Crippen molar-refractivity contribution >= 4 is 17.5 Å². The van der Waals surface area contributed by atoms with E-state index in [1.807, 2.05) is 24.8 Å². The number of methoxy groups -OCH3 is 1. The first kappa shape index (κ1) is 20.3. The van der Waals surface area contributed by atoms with Crippen LogP contribution in [0.2, 0.25) is 0 Å². The van der Waals surface area contributed by atoms with E-state index in [0.717, 1.165) is 5.57 Å². The Bertz CT molecular complexity index is 834. The first-order chi connectivity index (χ1) is 13.8. The van der Waals surface area contributed by atoms with Gasteiger partial charge in [0.25, 0.3) is 0 Å². The fraction of sp³-hybridized carbons (Fsp3) is 0.667. The predicted octanol–water partition coefficient (Wildman–Crippen LogP) is 0.144. The Kier molecular flexibility index (Phi) is 4.91. The summed E-state index contributed by atoms with van der Waals surface area (Å²) in [7, 11) is 1.61. The van der Waals surface area contributed by atoms with Gasteiger partial charge in [-0.05, 0) is 20.8 Å². The van der Waals surface area contributed by atoms with Crippen LogP contribution in [0.15, 0.2) is 22.9 Å². The number of allylic oxidation sites excluding steroid dienone is 2. The molecule has 4 rings (SSSR count). The molecule has 3 heterocycles. The third kappa shape index (κ3) is 2.80. The fourth-order valence-electron chi connectivity index (χ4n) is 5.42. The number of carbonyl (C=O) groups excluding carboxylic acids is 3. The Hall–Kier alpha value is -2.03. The Morgan fingerprint density at radius 2 is 2.07 bits per heavy atom. The molecule has 6 atom stereocenters. The van der Waals surface area contributed by atoms with E-state index in [2.05, 4.69) is 10.6 Å². The molecular formula is C21H29N3O5.